The molecule has 0 heterocycles. The van der Waals surface area contributed by atoms with Gasteiger partial charge in [-0.05, 0) is 14.0 Å². The third kappa shape index (κ3) is 3.25. The van der Waals surface area contributed by atoms with Gasteiger partial charge in [0.05, 0.1) is 17.4 Å². The molecule has 0 saturated heterocycles. The Morgan fingerprint density at radius 3 is 2.83 bits per heavy atom. The molecule has 0 saturated carbocycles. The quantitative estimate of drug-likeness (QED) is 0.595. The average Bonchev–Trinajstić information content (AvgIpc) is 2.31. The van der Waals surface area contributed by atoms with Gasteiger partial charge in [0.2, 0.25) is 5.82 Å². The standard InChI is InChI=1S/C12H14FN3O2/c1-9(6-7-14)15(2)8-10-4-3-5-11(12(10)13)16(17)18/h3-5,9H,6,8H2,1-2H3. The number of hydrogen-bond donors (Lipinski definition) is 0. The van der Waals surface area contributed by atoms with Crippen LogP contribution in [0.4, 0.5) is 10.1 Å². The van der Waals surface area contributed by atoms with Gasteiger partial charge in [0.25, 0.3) is 0 Å². The second kappa shape index (κ2) is 6.07. The third-order valence-corrected chi connectivity index (χ3v) is 2.81. The molecule has 96 valence electrons. The van der Waals surface area contributed by atoms with E-state index in [9.17, 15) is 14.5 Å². The van der Waals surface area contributed by atoms with Gasteiger partial charge < -0.3 is 0 Å². The molecule has 0 bridgehead atoms. The SMILES string of the molecule is CC(CC#N)N(C)Cc1cccc([N+](=O)[O-])c1F. The topological polar surface area (TPSA) is 70.2 Å². The van der Waals surface area contributed by atoms with Gasteiger partial charge in [-0.1, -0.05) is 12.1 Å². The molecule has 6 heteroatoms. The highest BCUT2D eigenvalue weighted by Crippen LogP contribution is 2.21. The first-order valence-corrected chi connectivity index (χ1v) is 5.46. The second-order valence-corrected chi connectivity index (χ2v) is 4.13. The van der Waals surface area contributed by atoms with Crippen molar-refractivity contribution in [1.82, 2.24) is 4.90 Å². The maximum atomic E-state index is 13.8. The molecule has 0 amide bonds. The van der Waals surface area contributed by atoms with E-state index in [1.165, 1.54) is 12.1 Å². The van der Waals surface area contributed by atoms with E-state index in [4.69, 9.17) is 5.26 Å². The summed E-state index contributed by atoms with van der Waals surface area (Å²) in [6.45, 7) is 2.08. The molecule has 0 radical (unpaired) electrons. The molecule has 1 rings (SSSR count). The van der Waals surface area contributed by atoms with Crippen LogP contribution < -0.4 is 0 Å². The first-order valence-electron chi connectivity index (χ1n) is 5.46. The fraction of sp³-hybridized carbons (Fsp3) is 0.417. The molecule has 0 aromatic heterocycles. The Morgan fingerprint density at radius 2 is 2.28 bits per heavy atom. The van der Waals surface area contributed by atoms with Gasteiger partial charge in [-0.25, -0.2) is 0 Å². The van der Waals surface area contributed by atoms with Gasteiger partial charge in [0.15, 0.2) is 0 Å². The van der Waals surface area contributed by atoms with Crippen molar-refractivity contribution in [2.45, 2.75) is 25.9 Å². The van der Waals surface area contributed by atoms with Crippen LogP contribution in [0.1, 0.15) is 18.9 Å². The van der Waals surface area contributed by atoms with Gasteiger partial charge in [-0.15, -0.1) is 0 Å². The lowest BCUT2D eigenvalue weighted by Crippen LogP contribution is -2.28. The number of nitro benzene ring substituents is 1. The highest BCUT2D eigenvalue weighted by Gasteiger charge is 2.19. The van der Waals surface area contributed by atoms with Crippen molar-refractivity contribution in [1.29, 1.82) is 5.26 Å². The van der Waals surface area contributed by atoms with Crippen molar-refractivity contribution in [3.63, 3.8) is 0 Å². The van der Waals surface area contributed by atoms with E-state index in [-0.39, 0.29) is 18.2 Å². The van der Waals surface area contributed by atoms with Crippen molar-refractivity contribution < 1.29 is 9.31 Å². The summed E-state index contributed by atoms with van der Waals surface area (Å²) >= 11 is 0. The van der Waals surface area contributed by atoms with Crippen molar-refractivity contribution in [2.75, 3.05) is 7.05 Å². The summed E-state index contributed by atoms with van der Waals surface area (Å²) in [5.74, 6) is -0.807. The number of rotatable bonds is 5. The number of nitro groups is 1. The molecule has 1 atom stereocenters. The Balaban J connectivity index is 2.89. The third-order valence-electron chi connectivity index (χ3n) is 2.81. The maximum Gasteiger partial charge on any atom is 0.305 e. The summed E-state index contributed by atoms with van der Waals surface area (Å²) < 4.78 is 13.8. The number of halogens is 1. The van der Waals surface area contributed by atoms with Crippen LogP contribution in [0.15, 0.2) is 18.2 Å². The molecular weight excluding hydrogens is 237 g/mol. The molecule has 5 nitrogen and oxygen atoms in total. The summed E-state index contributed by atoms with van der Waals surface area (Å²) in [4.78, 5) is 11.6. The zero-order valence-electron chi connectivity index (χ0n) is 10.3. The van der Waals surface area contributed by atoms with E-state index in [2.05, 4.69) is 0 Å². The highest BCUT2D eigenvalue weighted by molar-refractivity contribution is 5.36. The predicted octanol–water partition coefficient (Wildman–Crippen LogP) is 2.47. The smallest absolute Gasteiger partial charge is 0.298 e. The first-order chi connectivity index (χ1) is 8.47. The molecule has 0 N–H and O–H groups in total. The Kier molecular flexibility index (Phi) is 4.75. The molecule has 18 heavy (non-hydrogen) atoms. The monoisotopic (exact) mass is 251 g/mol. The molecule has 0 aliphatic heterocycles. The first kappa shape index (κ1) is 14.1. The van der Waals surface area contributed by atoms with Crippen molar-refractivity contribution in [3.8, 4) is 6.07 Å². The summed E-state index contributed by atoms with van der Waals surface area (Å²) in [5, 5.41) is 19.2. The minimum absolute atomic E-state index is 0.0336. The molecule has 1 aromatic carbocycles. The number of hydrogen-bond acceptors (Lipinski definition) is 4. The lowest BCUT2D eigenvalue weighted by atomic mass is 10.1. The summed E-state index contributed by atoms with van der Waals surface area (Å²) in [5.41, 5.74) is -0.259. The molecule has 0 spiro atoms. The van der Waals surface area contributed by atoms with E-state index >= 15 is 0 Å². The van der Waals surface area contributed by atoms with E-state index in [1.807, 2.05) is 13.0 Å². The van der Waals surface area contributed by atoms with Crippen LogP contribution in [0, 0.1) is 27.3 Å². The van der Waals surface area contributed by atoms with E-state index < -0.39 is 16.4 Å². The molecule has 0 aliphatic rings. The van der Waals surface area contributed by atoms with Crippen molar-refractivity contribution in [3.05, 3.63) is 39.7 Å². The van der Waals surface area contributed by atoms with Crippen LogP contribution in [0.3, 0.4) is 0 Å². The fourth-order valence-electron chi connectivity index (χ4n) is 1.54. The van der Waals surface area contributed by atoms with Crippen LogP contribution in [-0.4, -0.2) is 22.9 Å². The zero-order valence-corrected chi connectivity index (χ0v) is 10.3. The van der Waals surface area contributed by atoms with Gasteiger partial charge >= 0.3 is 5.69 Å². The van der Waals surface area contributed by atoms with Gasteiger partial charge in [-0.3, -0.25) is 15.0 Å². The van der Waals surface area contributed by atoms with Crippen LogP contribution in [0.25, 0.3) is 0 Å². The average molecular weight is 251 g/mol. The summed E-state index contributed by atoms with van der Waals surface area (Å²) in [7, 11) is 1.75. The Hall–Kier alpha value is -2.00. The van der Waals surface area contributed by atoms with Gasteiger partial charge in [-0.2, -0.15) is 9.65 Å². The largest absolute Gasteiger partial charge is 0.305 e. The summed E-state index contributed by atoms with van der Waals surface area (Å²) in [6.07, 6.45) is 0.326. The second-order valence-electron chi connectivity index (χ2n) is 4.13. The molecular formula is C12H14FN3O2. The molecule has 1 aromatic rings. The van der Waals surface area contributed by atoms with Crippen molar-refractivity contribution in [2.24, 2.45) is 0 Å². The molecule has 1 unspecified atom stereocenters. The Morgan fingerprint density at radius 1 is 1.61 bits per heavy atom. The number of nitrogens with zero attached hydrogens (tertiary/aromatic N) is 3. The molecule has 0 aliphatic carbocycles. The lowest BCUT2D eigenvalue weighted by Gasteiger charge is -2.22. The Bertz CT molecular complexity index is 485. The maximum absolute atomic E-state index is 13.8. The summed E-state index contributed by atoms with van der Waals surface area (Å²) in [6, 6.07) is 6.11. The van der Waals surface area contributed by atoms with Crippen LogP contribution in [-0.2, 0) is 6.54 Å². The Labute approximate surface area is 105 Å². The number of nitriles is 1. The fourth-order valence-corrected chi connectivity index (χ4v) is 1.54. The number of benzene rings is 1. The van der Waals surface area contributed by atoms with Gasteiger partial charge in [0.1, 0.15) is 0 Å². The van der Waals surface area contributed by atoms with Crippen LogP contribution in [0.5, 0.6) is 0 Å². The van der Waals surface area contributed by atoms with E-state index in [1.54, 1.807) is 11.9 Å². The van der Waals surface area contributed by atoms with Gasteiger partial charge in [0, 0.05) is 24.2 Å². The van der Waals surface area contributed by atoms with E-state index in [0.717, 1.165) is 6.07 Å². The molecule has 0 fully saturated rings. The lowest BCUT2D eigenvalue weighted by molar-refractivity contribution is -0.387. The van der Waals surface area contributed by atoms with Crippen LogP contribution in [0.2, 0.25) is 0 Å². The van der Waals surface area contributed by atoms with Crippen molar-refractivity contribution >= 4 is 5.69 Å². The van der Waals surface area contributed by atoms with E-state index in [0.29, 0.717) is 6.42 Å². The minimum atomic E-state index is -0.807. The highest BCUT2D eigenvalue weighted by atomic mass is 19.1. The van der Waals surface area contributed by atoms with Crippen LogP contribution >= 0.6 is 0 Å². The zero-order chi connectivity index (χ0) is 13.7. The normalized spacial score (nSPS) is 12.2. The predicted molar refractivity (Wildman–Crippen MR) is 64.2 cm³/mol. The minimum Gasteiger partial charge on any atom is -0.298 e.